The highest BCUT2D eigenvalue weighted by atomic mass is 15.0. The van der Waals surface area contributed by atoms with Crippen LogP contribution in [0, 0.1) is 0 Å². The highest BCUT2D eigenvalue weighted by molar-refractivity contribution is 5.23. The summed E-state index contributed by atoms with van der Waals surface area (Å²) in [6, 6.07) is 0.702. The van der Waals surface area contributed by atoms with Crippen LogP contribution in [0.1, 0.15) is 18.5 Å². The van der Waals surface area contributed by atoms with Crippen LogP contribution in [0.15, 0.2) is 12.4 Å². The molecule has 2 rings (SSSR count). The smallest absolute Gasteiger partial charge is 0.142 e. The number of hydrogen-bond acceptors (Lipinski definition) is 4. The van der Waals surface area contributed by atoms with Gasteiger partial charge in [0.1, 0.15) is 5.82 Å². The van der Waals surface area contributed by atoms with Crippen LogP contribution in [-0.2, 0) is 6.54 Å². The van der Waals surface area contributed by atoms with Crippen molar-refractivity contribution in [3.63, 3.8) is 0 Å². The fourth-order valence-electron chi connectivity index (χ4n) is 1.04. The summed E-state index contributed by atoms with van der Waals surface area (Å²) in [5.41, 5.74) is 6.40. The van der Waals surface area contributed by atoms with Crippen LogP contribution in [0.5, 0.6) is 0 Å². The second-order valence-electron chi connectivity index (χ2n) is 3.09. The number of rotatable bonds is 3. The summed E-state index contributed by atoms with van der Waals surface area (Å²) in [5.74, 6) is 0.491. The Kier molecular flexibility index (Phi) is 1.91. The molecule has 0 atom stereocenters. The number of hydrogen-bond donors (Lipinski definition) is 2. The summed E-state index contributed by atoms with van der Waals surface area (Å²) in [6.45, 7) is 0.780. The molecule has 4 nitrogen and oxygen atoms in total. The quantitative estimate of drug-likeness (QED) is 0.675. The lowest BCUT2D eigenvalue weighted by Crippen LogP contribution is -2.16. The molecule has 3 N–H and O–H groups in total. The Hall–Kier alpha value is -1.16. The van der Waals surface area contributed by atoms with E-state index >= 15 is 0 Å². The molecule has 0 bridgehead atoms. The average molecular weight is 164 g/mol. The lowest BCUT2D eigenvalue weighted by atomic mass is 10.4. The van der Waals surface area contributed by atoms with Gasteiger partial charge in [-0.3, -0.25) is 4.98 Å². The van der Waals surface area contributed by atoms with Gasteiger partial charge in [-0.1, -0.05) is 0 Å². The fourth-order valence-corrected chi connectivity index (χ4v) is 1.04. The molecule has 1 aliphatic carbocycles. The molecule has 1 aliphatic rings. The Bertz CT molecular complexity index is 270. The maximum Gasteiger partial charge on any atom is 0.142 e. The number of nitrogens with zero attached hydrogens (tertiary/aromatic N) is 2. The van der Waals surface area contributed by atoms with E-state index < -0.39 is 0 Å². The van der Waals surface area contributed by atoms with E-state index in [0.717, 1.165) is 12.2 Å². The number of anilines is 1. The van der Waals surface area contributed by atoms with E-state index in [1.165, 1.54) is 12.8 Å². The van der Waals surface area contributed by atoms with Crippen molar-refractivity contribution in [1.29, 1.82) is 0 Å². The molecule has 0 amide bonds. The van der Waals surface area contributed by atoms with Crippen molar-refractivity contribution in [2.75, 3.05) is 5.73 Å². The minimum atomic E-state index is 0.491. The van der Waals surface area contributed by atoms with Crippen molar-refractivity contribution in [2.45, 2.75) is 25.4 Å². The minimum Gasteiger partial charge on any atom is -0.382 e. The molecule has 1 aromatic heterocycles. The molecule has 0 spiro atoms. The van der Waals surface area contributed by atoms with Gasteiger partial charge < -0.3 is 11.1 Å². The number of nitrogen functional groups attached to an aromatic ring is 1. The van der Waals surface area contributed by atoms with Gasteiger partial charge in [-0.25, -0.2) is 4.98 Å². The summed E-state index contributed by atoms with van der Waals surface area (Å²) < 4.78 is 0. The van der Waals surface area contributed by atoms with Crippen molar-refractivity contribution >= 4 is 5.82 Å². The largest absolute Gasteiger partial charge is 0.382 e. The zero-order valence-corrected chi connectivity index (χ0v) is 6.83. The SMILES string of the molecule is Nc1cncc(CNC2CC2)n1. The van der Waals surface area contributed by atoms with E-state index in [4.69, 9.17) is 5.73 Å². The Morgan fingerprint density at radius 1 is 1.50 bits per heavy atom. The second-order valence-corrected chi connectivity index (χ2v) is 3.09. The first-order valence-electron chi connectivity index (χ1n) is 4.14. The molecule has 12 heavy (non-hydrogen) atoms. The summed E-state index contributed by atoms with van der Waals surface area (Å²) in [5, 5.41) is 3.34. The molecule has 0 unspecified atom stereocenters. The van der Waals surface area contributed by atoms with E-state index in [2.05, 4.69) is 15.3 Å². The first-order valence-corrected chi connectivity index (χ1v) is 4.14. The van der Waals surface area contributed by atoms with E-state index in [0.29, 0.717) is 11.9 Å². The maximum atomic E-state index is 5.48. The molecule has 0 saturated heterocycles. The van der Waals surface area contributed by atoms with Gasteiger partial charge in [0.05, 0.1) is 11.9 Å². The van der Waals surface area contributed by atoms with E-state index in [1.54, 1.807) is 12.4 Å². The molecule has 0 aliphatic heterocycles. The molecule has 64 valence electrons. The maximum absolute atomic E-state index is 5.48. The van der Waals surface area contributed by atoms with Crippen LogP contribution < -0.4 is 11.1 Å². The monoisotopic (exact) mass is 164 g/mol. The molecule has 4 heteroatoms. The molecule has 0 radical (unpaired) electrons. The zero-order valence-electron chi connectivity index (χ0n) is 6.83. The predicted molar refractivity (Wildman–Crippen MR) is 46.3 cm³/mol. The van der Waals surface area contributed by atoms with Crippen molar-refractivity contribution < 1.29 is 0 Å². The molecule has 1 fully saturated rings. The molecular formula is C8H12N4. The normalized spacial score (nSPS) is 16.3. The first-order chi connectivity index (χ1) is 5.84. The Morgan fingerprint density at radius 3 is 3.00 bits per heavy atom. The van der Waals surface area contributed by atoms with Gasteiger partial charge in [-0.2, -0.15) is 0 Å². The van der Waals surface area contributed by atoms with Crippen LogP contribution in [0.2, 0.25) is 0 Å². The van der Waals surface area contributed by atoms with Crippen LogP contribution in [0.25, 0.3) is 0 Å². The number of nitrogens with one attached hydrogen (secondary N) is 1. The van der Waals surface area contributed by atoms with Crippen LogP contribution in [-0.4, -0.2) is 16.0 Å². The van der Waals surface area contributed by atoms with Crippen molar-refractivity contribution in [1.82, 2.24) is 15.3 Å². The van der Waals surface area contributed by atoms with Crippen molar-refractivity contribution in [3.8, 4) is 0 Å². The predicted octanol–water partition coefficient (Wildman–Crippen LogP) is 0.311. The van der Waals surface area contributed by atoms with Crippen molar-refractivity contribution in [3.05, 3.63) is 18.1 Å². The van der Waals surface area contributed by atoms with Gasteiger partial charge >= 0.3 is 0 Å². The molecular weight excluding hydrogens is 152 g/mol. The zero-order chi connectivity index (χ0) is 8.39. The van der Waals surface area contributed by atoms with Gasteiger partial charge in [-0.15, -0.1) is 0 Å². The van der Waals surface area contributed by atoms with Gasteiger partial charge in [0.25, 0.3) is 0 Å². The minimum absolute atomic E-state index is 0.491. The highest BCUT2D eigenvalue weighted by Crippen LogP contribution is 2.18. The summed E-state index contributed by atoms with van der Waals surface area (Å²) in [4.78, 5) is 8.08. The third-order valence-corrected chi connectivity index (χ3v) is 1.85. The van der Waals surface area contributed by atoms with Crippen LogP contribution in [0.3, 0.4) is 0 Å². The van der Waals surface area contributed by atoms with Gasteiger partial charge in [0.15, 0.2) is 0 Å². The Morgan fingerprint density at radius 2 is 2.33 bits per heavy atom. The van der Waals surface area contributed by atoms with Gasteiger partial charge in [0.2, 0.25) is 0 Å². The lowest BCUT2D eigenvalue weighted by molar-refractivity contribution is 0.672. The summed E-state index contributed by atoms with van der Waals surface area (Å²) in [6.07, 6.45) is 5.87. The van der Waals surface area contributed by atoms with E-state index in [9.17, 15) is 0 Å². The van der Waals surface area contributed by atoms with E-state index in [-0.39, 0.29) is 0 Å². The molecule has 0 aromatic carbocycles. The number of nitrogens with two attached hydrogens (primary N) is 1. The lowest BCUT2D eigenvalue weighted by Gasteiger charge is -2.01. The van der Waals surface area contributed by atoms with Gasteiger partial charge in [0, 0.05) is 18.8 Å². The fraction of sp³-hybridized carbons (Fsp3) is 0.500. The Labute approximate surface area is 71.2 Å². The van der Waals surface area contributed by atoms with Crippen LogP contribution >= 0.6 is 0 Å². The molecule has 1 aromatic rings. The standard InChI is InChI=1S/C8H12N4/c9-8-5-10-3-7(12-8)4-11-6-1-2-6/h3,5-6,11H,1-2,4H2,(H2,9,12). The summed E-state index contributed by atoms with van der Waals surface area (Å²) in [7, 11) is 0. The topological polar surface area (TPSA) is 63.8 Å². The first kappa shape index (κ1) is 7.49. The highest BCUT2D eigenvalue weighted by Gasteiger charge is 2.20. The van der Waals surface area contributed by atoms with Crippen LogP contribution in [0.4, 0.5) is 5.82 Å². The third-order valence-electron chi connectivity index (χ3n) is 1.85. The molecule has 1 heterocycles. The van der Waals surface area contributed by atoms with E-state index in [1.807, 2.05) is 0 Å². The second kappa shape index (κ2) is 3.06. The molecule has 1 saturated carbocycles. The van der Waals surface area contributed by atoms with Crippen molar-refractivity contribution in [2.24, 2.45) is 0 Å². The summed E-state index contributed by atoms with van der Waals surface area (Å²) >= 11 is 0. The van der Waals surface area contributed by atoms with Gasteiger partial charge in [-0.05, 0) is 12.8 Å². The average Bonchev–Trinajstić information content (AvgIpc) is 2.84. The number of aromatic nitrogens is 2. The Balaban J connectivity index is 1.92. The third kappa shape index (κ3) is 1.92.